The van der Waals surface area contributed by atoms with Crippen LogP contribution < -0.4 is 5.32 Å². The highest BCUT2D eigenvalue weighted by Gasteiger charge is 2.46. The van der Waals surface area contributed by atoms with Crippen LogP contribution in [0.2, 0.25) is 5.02 Å². The Kier molecular flexibility index (Phi) is 3.58. The first-order valence-corrected chi connectivity index (χ1v) is 8.35. The molecule has 7 heteroatoms. The maximum atomic E-state index is 12.0. The molecule has 0 saturated heterocycles. The summed E-state index contributed by atoms with van der Waals surface area (Å²) in [6.07, 6.45) is 0.893. The van der Waals surface area contributed by atoms with Gasteiger partial charge < -0.3 is 5.32 Å². The van der Waals surface area contributed by atoms with Gasteiger partial charge in [0.1, 0.15) is 0 Å². The summed E-state index contributed by atoms with van der Waals surface area (Å²) in [6, 6.07) is 3.90. The number of hydrogen-bond donors (Lipinski definition) is 1. The summed E-state index contributed by atoms with van der Waals surface area (Å²) in [5, 5.41) is 3.01. The predicted octanol–water partition coefficient (Wildman–Crippen LogP) is 2.80. The van der Waals surface area contributed by atoms with Crippen molar-refractivity contribution in [3.05, 3.63) is 28.8 Å². The van der Waals surface area contributed by atoms with Crippen LogP contribution in [-0.2, 0) is 9.05 Å². The molecule has 0 spiro atoms. The number of benzene rings is 1. The minimum Gasteiger partial charge on any atom is -0.349 e. The van der Waals surface area contributed by atoms with Crippen LogP contribution in [0.25, 0.3) is 0 Å². The summed E-state index contributed by atoms with van der Waals surface area (Å²) in [6.45, 7) is 4.08. The van der Waals surface area contributed by atoms with Gasteiger partial charge in [0.15, 0.2) is 0 Å². The Labute approximate surface area is 121 Å². The molecule has 1 aromatic rings. The topological polar surface area (TPSA) is 63.2 Å². The number of nitrogens with one attached hydrogen (secondary N) is 1. The van der Waals surface area contributed by atoms with Crippen LogP contribution in [0, 0.1) is 5.41 Å². The van der Waals surface area contributed by atoms with Crippen LogP contribution >= 0.6 is 22.3 Å². The third kappa shape index (κ3) is 3.22. The smallest absolute Gasteiger partial charge is 0.261 e. The minimum atomic E-state index is -3.88. The zero-order valence-corrected chi connectivity index (χ0v) is 12.7. The average molecular weight is 322 g/mol. The van der Waals surface area contributed by atoms with Crippen LogP contribution in [0.3, 0.4) is 0 Å². The van der Waals surface area contributed by atoms with Crippen molar-refractivity contribution in [2.24, 2.45) is 5.41 Å². The summed E-state index contributed by atoms with van der Waals surface area (Å²) in [4.78, 5) is 11.9. The Morgan fingerprint density at radius 1 is 1.42 bits per heavy atom. The first-order chi connectivity index (χ1) is 8.61. The Morgan fingerprint density at radius 2 is 2.00 bits per heavy atom. The number of hydrogen-bond acceptors (Lipinski definition) is 3. The number of carbonyl (C=O) groups excluding carboxylic acids is 1. The second-order valence-electron chi connectivity index (χ2n) is 5.30. The fourth-order valence-electron chi connectivity index (χ4n) is 1.78. The van der Waals surface area contributed by atoms with Crippen molar-refractivity contribution < 1.29 is 13.2 Å². The van der Waals surface area contributed by atoms with E-state index < -0.39 is 9.05 Å². The van der Waals surface area contributed by atoms with Gasteiger partial charge in [0.25, 0.3) is 15.0 Å². The second kappa shape index (κ2) is 4.65. The van der Waals surface area contributed by atoms with Gasteiger partial charge in [0, 0.05) is 16.7 Å². The molecule has 4 nitrogen and oxygen atoms in total. The van der Waals surface area contributed by atoms with Crippen molar-refractivity contribution in [2.75, 3.05) is 0 Å². The monoisotopic (exact) mass is 321 g/mol. The van der Waals surface area contributed by atoms with Gasteiger partial charge >= 0.3 is 0 Å². The average Bonchev–Trinajstić information content (AvgIpc) is 2.84. The molecule has 104 valence electrons. The van der Waals surface area contributed by atoms with Gasteiger partial charge in [-0.15, -0.1) is 0 Å². The van der Waals surface area contributed by atoms with E-state index in [2.05, 4.69) is 5.32 Å². The SMILES string of the molecule is CC1(C)CC1NC(=O)c1cc(S(=O)(=O)Cl)ccc1Cl. The fraction of sp³-hybridized carbons (Fsp3) is 0.417. The maximum Gasteiger partial charge on any atom is 0.261 e. The second-order valence-corrected chi connectivity index (χ2v) is 8.27. The van der Waals surface area contributed by atoms with E-state index >= 15 is 0 Å². The van der Waals surface area contributed by atoms with E-state index in [4.69, 9.17) is 22.3 Å². The molecule has 19 heavy (non-hydrogen) atoms. The summed E-state index contributed by atoms with van der Waals surface area (Å²) in [7, 11) is 1.37. The fourth-order valence-corrected chi connectivity index (χ4v) is 2.76. The van der Waals surface area contributed by atoms with Crippen molar-refractivity contribution in [3.63, 3.8) is 0 Å². The van der Waals surface area contributed by atoms with E-state index in [1.165, 1.54) is 18.2 Å². The third-order valence-corrected chi connectivity index (χ3v) is 4.96. The molecule has 0 heterocycles. The van der Waals surface area contributed by atoms with Gasteiger partial charge in [0.2, 0.25) is 0 Å². The summed E-state index contributed by atoms with van der Waals surface area (Å²) < 4.78 is 22.5. The number of carbonyl (C=O) groups is 1. The Bertz CT molecular complexity index is 640. The van der Waals surface area contributed by atoms with Crippen molar-refractivity contribution in [2.45, 2.75) is 31.2 Å². The van der Waals surface area contributed by atoms with Crippen molar-refractivity contribution in [1.29, 1.82) is 0 Å². The summed E-state index contributed by atoms with van der Waals surface area (Å²) in [5.74, 6) is -0.386. The van der Waals surface area contributed by atoms with Gasteiger partial charge in [-0.25, -0.2) is 8.42 Å². The highest BCUT2D eigenvalue weighted by Crippen LogP contribution is 2.44. The normalized spacial score (nSPS) is 20.9. The molecule has 1 N–H and O–H groups in total. The molecule has 1 fully saturated rings. The van der Waals surface area contributed by atoms with E-state index in [1.54, 1.807) is 0 Å². The third-order valence-electron chi connectivity index (χ3n) is 3.28. The Morgan fingerprint density at radius 3 is 2.47 bits per heavy atom. The van der Waals surface area contributed by atoms with Gasteiger partial charge in [-0.1, -0.05) is 25.4 Å². The van der Waals surface area contributed by atoms with E-state index in [-0.39, 0.29) is 32.8 Å². The number of halogens is 2. The molecular weight excluding hydrogens is 309 g/mol. The standard InChI is InChI=1S/C12H13Cl2NO3S/c1-12(2)6-10(12)15-11(16)8-5-7(19(14,17)18)3-4-9(8)13/h3-5,10H,6H2,1-2H3,(H,15,16). The molecule has 1 atom stereocenters. The number of rotatable bonds is 3. The molecule has 1 unspecified atom stereocenters. The Hall–Kier alpha value is -0.780. The van der Waals surface area contributed by atoms with Crippen LogP contribution in [0.1, 0.15) is 30.6 Å². The lowest BCUT2D eigenvalue weighted by atomic mass is 10.1. The van der Waals surface area contributed by atoms with Crippen LogP contribution in [-0.4, -0.2) is 20.4 Å². The van der Waals surface area contributed by atoms with Gasteiger partial charge in [-0.3, -0.25) is 4.79 Å². The lowest BCUT2D eigenvalue weighted by Crippen LogP contribution is -2.28. The summed E-state index contributed by atoms with van der Waals surface area (Å²) in [5.41, 5.74) is 0.198. The largest absolute Gasteiger partial charge is 0.349 e. The van der Waals surface area contributed by atoms with E-state index in [1.807, 2.05) is 13.8 Å². The van der Waals surface area contributed by atoms with Crippen molar-refractivity contribution in [3.8, 4) is 0 Å². The zero-order valence-electron chi connectivity index (χ0n) is 10.4. The molecule has 1 aromatic carbocycles. The highest BCUT2D eigenvalue weighted by atomic mass is 35.7. The van der Waals surface area contributed by atoms with Crippen LogP contribution in [0.5, 0.6) is 0 Å². The Balaban J connectivity index is 2.26. The van der Waals surface area contributed by atoms with Gasteiger partial charge in [0.05, 0.1) is 15.5 Å². The first-order valence-electron chi connectivity index (χ1n) is 5.66. The quantitative estimate of drug-likeness (QED) is 0.871. The molecule has 1 amide bonds. The molecule has 0 radical (unpaired) electrons. The molecule has 0 bridgehead atoms. The number of amides is 1. The lowest BCUT2D eigenvalue weighted by molar-refractivity contribution is 0.0946. The van der Waals surface area contributed by atoms with E-state index in [0.717, 1.165) is 6.42 Å². The van der Waals surface area contributed by atoms with E-state index in [0.29, 0.717) is 0 Å². The van der Waals surface area contributed by atoms with Gasteiger partial charge in [-0.05, 0) is 30.0 Å². The highest BCUT2D eigenvalue weighted by molar-refractivity contribution is 8.13. The molecule has 0 aromatic heterocycles. The van der Waals surface area contributed by atoms with Gasteiger partial charge in [-0.2, -0.15) is 0 Å². The molecule has 1 aliphatic rings. The van der Waals surface area contributed by atoms with Crippen LogP contribution in [0.4, 0.5) is 0 Å². The van der Waals surface area contributed by atoms with Crippen LogP contribution in [0.15, 0.2) is 23.1 Å². The molecular formula is C12H13Cl2NO3S. The lowest BCUT2D eigenvalue weighted by Gasteiger charge is -2.09. The van der Waals surface area contributed by atoms with Crippen molar-refractivity contribution in [1.82, 2.24) is 5.32 Å². The molecule has 0 aliphatic heterocycles. The molecule has 1 saturated carbocycles. The maximum absolute atomic E-state index is 12.0. The molecule has 1 aliphatic carbocycles. The predicted molar refractivity (Wildman–Crippen MR) is 74.1 cm³/mol. The summed E-state index contributed by atoms with van der Waals surface area (Å²) >= 11 is 5.92. The van der Waals surface area contributed by atoms with E-state index in [9.17, 15) is 13.2 Å². The first kappa shape index (κ1) is 14.6. The zero-order chi connectivity index (χ0) is 14.4. The molecule has 2 rings (SSSR count). The minimum absolute atomic E-state index is 0.0817. The van der Waals surface area contributed by atoms with Crippen molar-refractivity contribution >= 4 is 37.2 Å².